The van der Waals surface area contributed by atoms with E-state index in [-0.39, 0.29) is 61.0 Å². The summed E-state index contributed by atoms with van der Waals surface area (Å²) in [5, 5.41) is 34.2. The van der Waals surface area contributed by atoms with Gasteiger partial charge in [0.05, 0.1) is 24.6 Å². The number of ether oxygens (including phenoxy) is 2. The number of carbonyl (C=O) groups is 2. The summed E-state index contributed by atoms with van der Waals surface area (Å²) in [6.07, 6.45) is 0.486. The van der Waals surface area contributed by atoms with E-state index in [9.17, 15) is 23.5 Å². The Hall–Kier alpha value is -6.93. The van der Waals surface area contributed by atoms with Gasteiger partial charge in [-0.3, -0.25) is 10.6 Å². The number of carbonyl (C=O) groups excluding carboxylic acids is 2. The molecule has 0 saturated carbocycles. The van der Waals surface area contributed by atoms with E-state index < -0.39 is 23.4 Å². The number of hydrogen-bond donors (Lipinski definition) is 5. The van der Waals surface area contributed by atoms with Crippen LogP contribution in [-0.2, 0) is 9.47 Å². The number of amides is 2. The zero-order valence-corrected chi connectivity index (χ0v) is 44.9. The van der Waals surface area contributed by atoms with Crippen LogP contribution in [0.2, 0.25) is 0 Å². The Balaban J connectivity index is 0.000000290. The van der Waals surface area contributed by atoms with E-state index in [1.807, 2.05) is 100 Å². The number of nitrogens with zero attached hydrogens (tertiary/aromatic N) is 5. The van der Waals surface area contributed by atoms with Crippen LogP contribution in [0, 0.1) is 11.6 Å². The number of nitrogens with one attached hydrogen (secondary N) is 3. The maximum absolute atomic E-state index is 14.9. The van der Waals surface area contributed by atoms with E-state index in [2.05, 4.69) is 36.2 Å². The van der Waals surface area contributed by atoms with E-state index in [0.29, 0.717) is 34.2 Å². The van der Waals surface area contributed by atoms with Gasteiger partial charge in [0.1, 0.15) is 22.8 Å². The molecule has 6 aromatic rings. The van der Waals surface area contributed by atoms with Crippen LogP contribution >= 0.6 is 11.8 Å². The standard InChI is InChI=1S/C27H33FN4O4.C24H26FN3O3S.C4H11NO/c1-6-32(14-15-33)25(30-26(34)35-27(3,4)5)29-24-17-23(31-36-24)18(2)20-12-13-21(22(28)16-20)19-10-8-7-9-11-19;1-15(17-11-12-18(19(25)13-17)16-9-7-6-8-10-16)20-14-21(31-28-20)26-22(32-5)27-23(29)30-24(2,3)4;1-2-5-3-4-6/h7-13,16-18,33H,6,14-15H2,1-5H3,(H,29,30,34);6-15H,1-5H3,(H,26,27,29);5-6H,2-4H2,1H3. The van der Waals surface area contributed by atoms with Crippen molar-refractivity contribution in [2.45, 2.75) is 92.3 Å². The predicted molar refractivity (Wildman–Crippen MR) is 288 cm³/mol. The number of alkyl carbamates (subject to hydrolysis) is 2. The average molecular weight is 1040 g/mol. The van der Waals surface area contributed by atoms with Gasteiger partial charge in [-0.25, -0.2) is 18.4 Å². The third-order valence-electron chi connectivity index (χ3n) is 10.5. The third-order valence-corrected chi connectivity index (χ3v) is 11.1. The zero-order chi connectivity index (χ0) is 54.4. The van der Waals surface area contributed by atoms with Gasteiger partial charge in [-0.15, -0.1) is 0 Å². The number of amidine groups is 1. The predicted octanol–water partition coefficient (Wildman–Crippen LogP) is 11.6. The molecule has 2 heterocycles. The molecule has 6 rings (SSSR count). The molecule has 2 unspecified atom stereocenters. The van der Waals surface area contributed by atoms with Gasteiger partial charge in [0.25, 0.3) is 11.8 Å². The van der Waals surface area contributed by atoms with Crippen molar-refractivity contribution in [3.63, 3.8) is 0 Å². The van der Waals surface area contributed by atoms with Crippen molar-refractivity contribution in [3.05, 3.63) is 143 Å². The molecule has 0 fully saturated rings. The van der Waals surface area contributed by atoms with Gasteiger partial charge in [0.15, 0.2) is 5.17 Å². The lowest BCUT2D eigenvalue weighted by Gasteiger charge is -2.25. The Bertz CT molecular complexity index is 2740. The normalized spacial score (nSPS) is 12.6. The summed E-state index contributed by atoms with van der Waals surface area (Å²) in [6.45, 7) is 20.8. The molecule has 2 atom stereocenters. The van der Waals surface area contributed by atoms with Gasteiger partial charge >= 0.3 is 12.2 Å². The topological polar surface area (TPSA) is 209 Å². The second-order valence-electron chi connectivity index (χ2n) is 18.5. The number of aliphatic imine (C=N–C) groups is 2. The molecule has 16 nitrogen and oxygen atoms in total. The Labute approximate surface area is 437 Å². The maximum Gasteiger partial charge on any atom is 0.414 e. The number of benzene rings is 4. The van der Waals surface area contributed by atoms with Crippen LogP contribution in [0.1, 0.15) is 104 Å². The molecule has 0 spiro atoms. The van der Waals surface area contributed by atoms with Crippen molar-refractivity contribution >= 4 is 46.8 Å². The first kappa shape index (κ1) is 59.6. The molecule has 0 bridgehead atoms. The number of thioether (sulfide) groups is 1. The van der Waals surface area contributed by atoms with Gasteiger partial charge in [-0.2, -0.15) is 9.98 Å². The lowest BCUT2D eigenvalue weighted by molar-refractivity contribution is 0.0547. The van der Waals surface area contributed by atoms with Crippen LogP contribution in [0.5, 0.6) is 0 Å². The lowest BCUT2D eigenvalue weighted by atomic mass is 9.95. The minimum Gasteiger partial charge on any atom is -0.444 e. The second-order valence-corrected chi connectivity index (χ2v) is 19.3. The van der Waals surface area contributed by atoms with E-state index in [4.69, 9.17) is 23.6 Å². The molecule has 398 valence electrons. The Kier molecular flexibility index (Phi) is 23.4. The van der Waals surface area contributed by atoms with Crippen LogP contribution < -0.4 is 16.0 Å². The maximum atomic E-state index is 14.9. The number of aromatic nitrogens is 2. The highest BCUT2D eigenvalue weighted by molar-refractivity contribution is 8.13. The monoisotopic (exact) mass is 1040 g/mol. The molecular formula is C55H70F2N8O8S. The van der Waals surface area contributed by atoms with Gasteiger partial charge < -0.3 is 38.9 Å². The first-order chi connectivity index (χ1) is 35.2. The number of guanidine groups is 1. The van der Waals surface area contributed by atoms with E-state index in [0.717, 1.165) is 35.3 Å². The van der Waals surface area contributed by atoms with Crippen LogP contribution in [0.15, 0.2) is 128 Å². The van der Waals surface area contributed by atoms with Gasteiger partial charge in [-0.05, 0) is 95.7 Å². The van der Waals surface area contributed by atoms with Crippen LogP contribution in [-0.4, -0.2) is 106 Å². The molecule has 5 N–H and O–H groups in total. The number of aliphatic hydroxyl groups excluding tert-OH is 2. The van der Waals surface area contributed by atoms with E-state index >= 15 is 0 Å². The zero-order valence-electron chi connectivity index (χ0n) is 44.0. The minimum atomic E-state index is -0.691. The summed E-state index contributed by atoms with van der Waals surface area (Å²) < 4.78 is 50.9. The molecule has 0 radical (unpaired) electrons. The third kappa shape index (κ3) is 19.5. The van der Waals surface area contributed by atoms with Gasteiger partial charge in [0.2, 0.25) is 5.96 Å². The van der Waals surface area contributed by atoms with Crippen molar-refractivity contribution in [1.29, 1.82) is 0 Å². The summed E-state index contributed by atoms with van der Waals surface area (Å²) in [6, 6.07) is 32.3. The number of halogens is 2. The number of likely N-dealkylation sites (N-methyl/N-ethyl adjacent to an activating group) is 2. The van der Waals surface area contributed by atoms with Crippen molar-refractivity contribution in [1.82, 2.24) is 31.2 Å². The Morgan fingerprint density at radius 2 is 1.15 bits per heavy atom. The molecule has 4 aromatic carbocycles. The highest BCUT2D eigenvalue weighted by Crippen LogP contribution is 2.32. The largest absolute Gasteiger partial charge is 0.444 e. The Morgan fingerprint density at radius 3 is 1.53 bits per heavy atom. The molecule has 2 aromatic heterocycles. The van der Waals surface area contributed by atoms with E-state index in [1.54, 1.807) is 77.0 Å². The summed E-state index contributed by atoms with van der Waals surface area (Å²) in [4.78, 5) is 34.7. The molecular weight excluding hydrogens is 971 g/mol. The first-order valence-corrected chi connectivity index (χ1v) is 25.4. The van der Waals surface area contributed by atoms with E-state index in [1.165, 1.54) is 23.9 Å². The van der Waals surface area contributed by atoms with Gasteiger partial charge in [-0.1, -0.05) is 128 Å². The molecule has 2 amide bonds. The smallest absolute Gasteiger partial charge is 0.414 e. The molecule has 19 heteroatoms. The van der Waals surface area contributed by atoms with Crippen molar-refractivity contribution in [3.8, 4) is 22.3 Å². The molecule has 0 aliphatic carbocycles. The van der Waals surface area contributed by atoms with Gasteiger partial charge in [0, 0.05) is 54.7 Å². The number of rotatable bonds is 14. The highest BCUT2D eigenvalue weighted by Gasteiger charge is 2.23. The minimum absolute atomic E-state index is 0.133. The molecule has 0 aliphatic heterocycles. The van der Waals surface area contributed by atoms with Crippen LogP contribution in [0.3, 0.4) is 0 Å². The SMILES string of the molecule is CCN(CCO)C(=Nc1cc(C(C)c2ccc(-c3ccccc3)c(F)c2)no1)NC(=O)OC(C)(C)C.CCNCCO.CSC(=Nc1cc(C(C)c2ccc(-c3ccccc3)c(F)c2)no1)NC(=O)OC(C)(C)C. The summed E-state index contributed by atoms with van der Waals surface area (Å²) in [5.41, 5.74) is 4.06. The molecule has 0 aliphatic rings. The van der Waals surface area contributed by atoms with Crippen molar-refractivity contribution < 1.29 is 47.1 Å². The molecule has 74 heavy (non-hydrogen) atoms. The second kappa shape index (κ2) is 29.1. The van der Waals surface area contributed by atoms with Crippen molar-refractivity contribution in [2.75, 3.05) is 45.6 Å². The average Bonchev–Trinajstić information content (AvgIpc) is 4.04. The summed E-state index contributed by atoms with van der Waals surface area (Å²) in [7, 11) is 0. The number of hydrogen-bond acceptors (Lipinski definition) is 14. The lowest BCUT2D eigenvalue weighted by Crippen LogP contribution is -2.46. The van der Waals surface area contributed by atoms with Crippen molar-refractivity contribution in [2.24, 2.45) is 9.98 Å². The molecule has 0 saturated heterocycles. The fourth-order valence-electron chi connectivity index (χ4n) is 6.80. The number of aliphatic hydroxyl groups is 2. The quantitative estimate of drug-likeness (QED) is 0.0391. The first-order valence-electron chi connectivity index (χ1n) is 24.2. The Morgan fingerprint density at radius 1 is 0.689 bits per heavy atom. The highest BCUT2D eigenvalue weighted by atomic mass is 32.2. The summed E-state index contributed by atoms with van der Waals surface area (Å²) in [5.74, 6) is -0.548. The fourth-order valence-corrected chi connectivity index (χ4v) is 7.17. The van der Waals surface area contributed by atoms with Crippen LogP contribution in [0.4, 0.5) is 30.1 Å². The fraction of sp³-hybridized carbons (Fsp3) is 0.382. The van der Waals surface area contributed by atoms with Crippen LogP contribution in [0.25, 0.3) is 22.3 Å². The summed E-state index contributed by atoms with van der Waals surface area (Å²) >= 11 is 1.24.